The molecule has 2 aromatic heterocycles. The van der Waals surface area contributed by atoms with Gasteiger partial charge in [0.1, 0.15) is 5.82 Å². The van der Waals surface area contributed by atoms with Crippen LogP contribution in [-0.4, -0.2) is 38.6 Å². The van der Waals surface area contributed by atoms with Crippen molar-refractivity contribution < 1.29 is 0 Å². The van der Waals surface area contributed by atoms with Crippen LogP contribution in [0.3, 0.4) is 0 Å². The summed E-state index contributed by atoms with van der Waals surface area (Å²) in [6.45, 7) is 5.08. The molecule has 138 valence electrons. The van der Waals surface area contributed by atoms with Gasteiger partial charge in [0.15, 0.2) is 5.16 Å². The minimum Gasteiger partial charge on any atom is -0.368 e. The summed E-state index contributed by atoms with van der Waals surface area (Å²) in [4.78, 5) is 19.6. The maximum atomic E-state index is 6.12. The van der Waals surface area contributed by atoms with Gasteiger partial charge in [-0.1, -0.05) is 30.3 Å². The van der Waals surface area contributed by atoms with Crippen molar-refractivity contribution in [3.63, 3.8) is 0 Å². The predicted octanol–water partition coefficient (Wildman–Crippen LogP) is 3.79. The molecule has 0 unspecified atom stereocenters. The lowest BCUT2D eigenvalue weighted by molar-refractivity contribution is 0.637. The van der Waals surface area contributed by atoms with Gasteiger partial charge in [-0.3, -0.25) is 0 Å². The summed E-state index contributed by atoms with van der Waals surface area (Å²) < 4.78 is 2.21. The van der Waals surface area contributed by atoms with Crippen LogP contribution in [0.5, 0.6) is 0 Å². The fourth-order valence-electron chi connectivity index (χ4n) is 2.60. The third-order valence-corrected chi connectivity index (χ3v) is 5.15. The van der Waals surface area contributed by atoms with Crippen LogP contribution in [-0.2, 0) is 6.54 Å². The molecule has 0 bridgehead atoms. The molecule has 3 aromatic rings. The molecule has 2 heterocycles. The third kappa shape index (κ3) is 3.86. The maximum Gasteiger partial charge on any atom is 0.229 e. The number of fused-ring (bicyclic) bond motifs is 1. The van der Waals surface area contributed by atoms with E-state index in [4.69, 9.17) is 22.3 Å². The number of nitrogens with zero attached hydrogens (tertiary/aromatic N) is 6. The van der Waals surface area contributed by atoms with Gasteiger partial charge in [-0.05, 0) is 31.5 Å². The van der Waals surface area contributed by atoms with Gasteiger partial charge in [-0.25, -0.2) is 4.98 Å². The summed E-state index contributed by atoms with van der Waals surface area (Å²) in [5.74, 6) is 1.41. The zero-order valence-corrected chi connectivity index (χ0v) is 16.8. The van der Waals surface area contributed by atoms with Crippen LogP contribution in [0.1, 0.15) is 31.3 Å². The van der Waals surface area contributed by atoms with Crippen molar-refractivity contribution in [2.24, 2.45) is 0 Å². The van der Waals surface area contributed by atoms with Gasteiger partial charge in [-0.15, -0.1) is 0 Å². The topological polar surface area (TPSA) is 85.8 Å². The number of aromatic nitrogens is 5. The van der Waals surface area contributed by atoms with Crippen LogP contribution in [0.2, 0.25) is 5.02 Å². The van der Waals surface area contributed by atoms with E-state index in [0.717, 1.165) is 29.2 Å². The number of halogens is 1. The summed E-state index contributed by atoms with van der Waals surface area (Å²) >= 11 is 7.73. The number of nitrogens with two attached hydrogens (primary N) is 1. The van der Waals surface area contributed by atoms with Crippen LogP contribution >= 0.6 is 23.4 Å². The maximum absolute atomic E-state index is 6.12. The molecule has 1 aromatic carbocycles. The number of imidazole rings is 1. The minimum absolute atomic E-state index is 0.0260. The largest absolute Gasteiger partial charge is 0.368 e. The Morgan fingerprint density at radius 1 is 1.23 bits per heavy atom. The van der Waals surface area contributed by atoms with Gasteiger partial charge in [0.05, 0.1) is 16.3 Å². The Bertz CT molecular complexity index is 925. The highest BCUT2D eigenvalue weighted by molar-refractivity contribution is 7.99. The van der Waals surface area contributed by atoms with Crippen molar-refractivity contribution >= 4 is 46.3 Å². The van der Waals surface area contributed by atoms with Crippen molar-refractivity contribution in [3.05, 3.63) is 29.0 Å². The van der Waals surface area contributed by atoms with E-state index in [9.17, 15) is 0 Å². The molecule has 0 spiro atoms. The molecular weight excluding hydrogens is 370 g/mol. The first kappa shape index (κ1) is 18.7. The van der Waals surface area contributed by atoms with Crippen molar-refractivity contribution in [1.82, 2.24) is 24.5 Å². The fraction of sp³-hybridized carbons (Fsp3) is 0.412. The molecule has 0 aliphatic heterocycles. The van der Waals surface area contributed by atoms with E-state index in [0.29, 0.717) is 16.8 Å². The Morgan fingerprint density at radius 2 is 2.00 bits per heavy atom. The van der Waals surface area contributed by atoms with Crippen molar-refractivity contribution in [3.8, 4) is 0 Å². The van der Waals surface area contributed by atoms with Gasteiger partial charge in [0.25, 0.3) is 0 Å². The molecule has 0 saturated carbocycles. The lowest BCUT2D eigenvalue weighted by Gasteiger charge is -2.15. The quantitative estimate of drug-likeness (QED) is 0.639. The minimum atomic E-state index is -0.0260. The Kier molecular flexibility index (Phi) is 5.52. The van der Waals surface area contributed by atoms with Gasteiger partial charge in [-0.2, -0.15) is 15.0 Å². The number of thioether (sulfide) groups is 1. The van der Waals surface area contributed by atoms with Crippen molar-refractivity contribution in [2.75, 3.05) is 24.7 Å². The number of anilines is 2. The van der Waals surface area contributed by atoms with E-state index < -0.39 is 0 Å². The van der Waals surface area contributed by atoms with Crippen LogP contribution in [0.4, 0.5) is 11.9 Å². The summed E-state index contributed by atoms with van der Waals surface area (Å²) in [7, 11) is 3.75. The Balaban J connectivity index is 1.96. The average molecular weight is 392 g/mol. The van der Waals surface area contributed by atoms with Crippen LogP contribution in [0.25, 0.3) is 11.0 Å². The Morgan fingerprint density at radius 3 is 2.69 bits per heavy atom. The monoisotopic (exact) mass is 391 g/mol. The first-order valence-electron chi connectivity index (χ1n) is 8.40. The van der Waals surface area contributed by atoms with Crippen molar-refractivity contribution in [1.29, 1.82) is 0 Å². The highest BCUT2D eigenvalue weighted by Gasteiger charge is 2.19. The van der Waals surface area contributed by atoms with Gasteiger partial charge >= 0.3 is 0 Å². The summed E-state index contributed by atoms with van der Waals surface area (Å²) in [6, 6.07) is 5.80. The first-order valence-corrected chi connectivity index (χ1v) is 9.66. The number of benzene rings is 1. The van der Waals surface area contributed by atoms with Crippen molar-refractivity contribution in [2.45, 2.75) is 37.2 Å². The van der Waals surface area contributed by atoms with E-state index in [-0.39, 0.29) is 11.2 Å². The SMILES string of the molecule is CCCn1c(S[C@H](C)c2nc(N)nc(N(C)C)n2)nc2cc(Cl)ccc21. The molecule has 2 N–H and O–H groups in total. The summed E-state index contributed by atoms with van der Waals surface area (Å²) in [5.41, 5.74) is 7.82. The molecule has 7 nitrogen and oxygen atoms in total. The summed E-state index contributed by atoms with van der Waals surface area (Å²) in [5, 5.41) is 1.58. The van der Waals surface area contributed by atoms with E-state index in [1.807, 2.05) is 44.1 Å². The second kappa shape index (κ2) is 7.67. The molecule has 0 saturated heterocycles. The standard InChI is InChI=1S/C17H22ClN7S/c1-5-8-25-13-7-6-11(18)9-12(13)20-17(25)26-10(2)14-21-15(19)23-16(22-14)24(3)4/h6-7,9-10H,5,8H2,1-4H3,(H2,19,21,22,23)/t10-/m1/s1. The van der Waals surface area contributed by atoms with E-state index in [1.165, 1.54) is 0 Å². The zero-order valence-electron chi connectivity index (χ0n) is 15.3. The number of hydrogen-bond acceptors (Lipinski definition) is 7. The van der Waals surface area contributed by atoms with E-state index >= 15 is 0 Å². The van der Waals surface area contributed by atoms with Gasteiger partial charge < -0.3 is 15.2 Å². The van der Waals surface area contributed by atoms with Gasteiger partial charge in [0, 0.05) is 25.7 Å². The number of rotatable bonds is 6. The second-order valence-electron chi connectivity index (χ2n) is 6.19. The van der Waals surface area contributed by atoms with E-state index in [1.54, 1.807) is 11.8 Å². The number of hydrogen-bond donors (Lipinski definition) is 1. The number of nitrogen functional groups attached to an aromatic ring is 1. The molecule has 0 aliphatic carbocycles. The highest BCUT2D eigenvalue weighted by atomic mass is 35.5. The third-order valence-electron chi connectivity index (χ3n) is 3.83. The summed E-state index contributed by atoms with van der Waals surface area (Å²) in [6.07, 6.45) is 1.01. The van der Waals surface area contributed by atoms with E-state index in [2.05, 4.69) is 26.4 Å². The molecule has 26 heavy (non-hydrogen) atoms. The molecule has 0 amide bonds. The van der Waals surface area contributed by atoms with Crippen LogP contribution in [0.15, 0.2) is 23.4 Å². The molecule has 0 radical (unpaired) electrons. The van der Waals surface area contributed by atoms with Crippen LogP contribution in [0, 0.1) is 0 Å². The van der Waals surface area contributed by atoms with Gasteiger partial charge in [0.2, 0.25) is 11.9 Å². The molecule has 9 heteroatoms. The molecular formula is C17H22ClN7S. The molecule has 0 aliphatic rings. The fourth-order valence-corrected chi connectivity index (χ4v) is 3.76. The lowest BCUT2D eigenvalue weighted by Crippen LogP contribution is -2.16. The smallest absolute Gasteiger partial charge is 0.229 e. The Labute approximate surface area is 162 Å². The van der Waals surface area contributed by atoms with Crippen LogP contribution < -0.4 is 10.6 Å². The average Bonchev–Trinajstić information content (AvgIpc) is 2.91. The number of aryl methyl sites for hydroxylation is 1. The first-order chi connectivity index (χ1) is 12.4. The normalized spacial score (nSPS) is 12.5. The Hall–Kier alpha value is -2.06. The predicted molar refractivity (Wildman–Crippen MR) is 108 cm³/mol. The zero-order chi connectivity index (χ0) is 18.8. The lowest BCUT2D eigenvalue weighted by atomic mass is 10.3. The molecule has 3 rings (SSSR count). The molecule has 1 atom stereocenters. The highest BCUT2D eigenvalue weighted by Crippen LogP contribution is 2.35. The molecule has 0 fully saturated rings. The second-order valence-corrected chi connectivity index (χ2v) is 7.93.